The van der Waals surface area contributed by atoms with Gasteiger partial charge in [0.05, 0.1) is 10.6 Å². The zero-order valence-corrected chi connectivity index (χ0v) is 24.5. The number of nitrogens with zero attached hydrogens (tertiary/aromatic N) is 2. The van der Waals surface area contributed by atoms with Crippen LogP contribution in [0.2, 0.25) is 5.02 Å². The van der Waals surface area contributed by atoms with Gasteiger partial charge in [-0.15, -0.1) is 0 Å². The molecule has 1 aliphatic rings. The number of aryl methyl sites for hydroxylation is 1. The van der Waals surface area contributed by atoms with Crippen molar-refractivity contribution in [2.45, 2.75) is 69.5 Å². The molecular formula is C31H36ClN3O4S. The molecule has 0 bridgehead atoms. The molecule has 1 N–H and O–H groups in total. The predicted molar refractivity (Wildman–Crippen MR) is 159 cm³/mol. The fourth-order valence-electron chi connectivity index (χ4n) is 5.11. The van der Waals surface area contributed by atoms with E-state index in [4.69, 9.17) is 11.6 Å². The number of halogens is 1. The van der Waals surface area contributed by atoms with Gasteiger partial charge in [-0.3, -0.25) is 13.9 Å². The van der Waals surface area contributed by atoms with Crippen molar-refractivity contribution in [3.05, 3.63) is 95.0 Å². The molecule has 0 heterocycles. The Balaban J connectivity index is 1.70. The lowest BCUT2D eigenvalue weighted by Crippen LogP contribution is -2.53. The summed E-state index contributed by atoms with van der Waals surface area (Å²) < 4.78 is 28.8. The highest BCUT2D eigenvalue weighted by atomic mass is 35.5. The second kappa shape index (κ2) is 13.3. The Bertz CT molecular complexity index is 1410. The van der Waals surface area contributed by atoms with Crippen molar-refractivity contribution in [2.24, 2.45) is 0 Å². The van der Waals surface area contributed by atoms with Crippen LogP contribution in [0.1, 0.15) is 50.2 Å². The quantitative estimate of drug-likeness (QED) is 0.314. The SMILES string of the molecule is CC[C@H](C(=O)NC1CCCC1)N(Cc1ccccc1C)C(=O)CN(c1ccccc1)S(=O)(=O)c1ccc(Cl)cc1. The molecule has 3 aromatic rings. The van der Waals surface area contributed by atoms with Crippen LogP contribution in [-0.4, -0.2) is 43.8 Å². The molecule has 1 saturated carbocycles. The monoisotopic (exact) mass is 581 g/mol. The number of amides is 2. The van der Waals surface area contributed by atoms with E-state index in [1.54, 1.807) is 30.3 Å². The Hall–Kier alpha value is -3.36. The van der Waals surface area contributed by atoms with Crippen LogP contribution >= 0.6 is 11.6 Å². The molecule has 0 aromatic heterocycles. The smallest absolute Gasteiger partial charge is 0.264 e. The van der Waals surface area contributed by atoms with Gasteiger partial charge in [0, 0.05) is 17.6 Å². The maximum absolute atomic E-state index is 14.1. The summed E-state index contributed by atoms with van der Waals surface area (Å²) in [6, 6.07) is 21.4. The van der Waals surface area contributed by atoms with Gasteiger partial charge in [-0.25, -0.2) is 8.42 Å². The molecule has 4 rings (SSSR count). The second-order valence-corrected chi connectivity index (χ2v) is 12.5. The summed E-state index contributed by atoms with van der Waals surface area (Å²) in [4.78, 5) is 29.2. The van der Waals surface area contributed by atoms with Gasteiger partial charge in [-0.05, 0) is 73.7 Å². The summed E-state index contributed by atoms with van der Waals surface area (Å²) in [6.45, 7) is 3.55. The minimum atomic E-state index is -4.13. The fourth-order valence-corrected chi connectivity index (χ4v) is 6.65. The maximum Gasteiger partial charge on any atom is 0.264 e. The zero-order chi connectivity index (χ0) is 28.7. The van der Waals surface area contributed by atoms with E-state index < -0.39 is 28.5 Å². The lowest BCUT2D eigenvalue weighted by Gasteiger charge is -2.34. The largest absolute Gasteiger partial charge is 0.352 e. The van der Waals surface area contributed by atoms with Crippen LogP contribution in [0.25, 0.3) is 0 Å². The summed E-state index contributed by atoms with van der Waals surface area (Å²) >= 11 is 6.01. The van der Waals surface area contributed by atoms with Crippen LogP contribution in [-0.2, 0) is 26.2 Å². The number of para-hydroxylation sites is 1. The second-order valence-electron chi connectivity index (χ2n) is 10.2. The molecule has 1 fully saturated rings. The number of hydrogen-bond donors (Lipinski definition) is 1. The lowest BCUT2D eigenvalue weighted by molar-refractivity contribution is -0.140. The van der Waals surface area contributed by atoms with E-state index >= 15 is 0 Å². The molecule has 1 atom stereocenters. The number of carbonyl (C=O) groups is 2. The van der Waals surface area contributed by atoms with Crippen molar-refractivity contribution < 1.29 is 18.0 Å². The third kappa shape index (κ3) is 7.04. The highest BCUT2D eigenvalue weighted by Crippen LogP contribution is 2.26. The van der Waals surface area contributed by atoms with Crippen molar-refractivity contribution in [3.63, 3.8) is 0 Å². The van der Waals surface area contributed by atoms with E-state index in [0.717, 1.165) is 41.1 Å². The van der Waals surface area contributed by atoms with E-state index in [1.807, 2.05) is 38.1 Å². The fraction of sp³-hybridized carbons (Fsp3) is 0.355. The number of carbonyl (C=O) groups excluding carboxylic acids is 2. The summed E-state index contributed by atoms with van der Waals surface area (Å²) in [5, 5.41) is 3.54. The third-order valence-corrected chi connectivity index (χ3v) is 9.45. The van der Waals surface area contributed by atoms with Crippen molar-refractivity contribution in [3.8, 4) is 0 Å². The lowest BCUT2D eigenvalue weighted by atomic mass is 10.1. The van der Waals surface area contributed by atoms with Gasteiger partial charge in [0.15, 0.2) is 0 Å². The first kappa shape index (κ1) is 29.6. The standard InChI is InChI=1S/C31H36ClN3O4S/c1-3-29(31(37)33-26-13-9-10-14-26)34(21-24-12-8-7-11-23(24)2)30(36)22-35(27-15-5-4-6-16-27)40(38,39)28-19-17-25(32)18-20-28/h4-8,11-12,15-20,26,29H,3,9-10,13-14,21-22H2,1-2H3,(H,33,37)/t29-/m1/s1. The Kier molecular flexibility index (Phi) is 9.87. The highest BCUT2D eigenvalue weighted by molar-refractivity contribution is 7.92. The zero-order valence-electron chi connectivity index (χ0n) is 22.9. The summed E-state index contributed by atoms with van der Waals surface area (Å²) in [5.74, 6) is -0.666. The van der Waals surface area contributed by atoms with Crippen LogP contribution in [0, 0.1) is 6.92 Å². The highest BCUT2D eigenvalue weighted by Gasteiger charge is 2.34. The molecular weight excluding hydrogens is 546 g/mol. The van der Waals surface area contributed by atoms with Gasteiger partial charge < -0.3 is 10.2 Å². The van der Waals surface area contributed by atoms with Gasteiger partial charge in [-0.1, -0.05) is 73.8 Å². The van der Waals surface area contributed by atoms with Crippen molar-refractivity contribution in [1.82, 2.24) is 10.2 Å². The Morgan fingerprint density at radius 2 is 1.57 bits per heavy atom. The third-order valence-electron chi connectivity index (χ3n) is 7.41. The average Bonchev–Trinajstić information content (AvgIpc) is 3.46. The van der Waals surface area contributed by atoms with Gasteiger partial charge in [-0.2, -0.15) is 0 Å². The molecule has 212 valence electrons. The van der Waals surface area contributed by atoms with Gasteiger partial charge >= 0.3 is 0 Å². The van der Waals surface area contributed by atoms with E-state index in [2.05, 4.69) is 5.32 Å². The Morgan fingerprint density at radius 1 is 0.950 bits per heavy atom. The van der Waals surface area contributed by atoms with E-state index in [-0.39, 0.29) is 23.4 Å². The van der Waals surface area contributed by atoms with Crippen molar-refractivity contribution in [1.29, 1.82) is 0 Å². The first-order valence-corrected chi connectivity index (χ1v) is 15.5. The van der Waals surface area contributed by atoms with Crippen LogP contribution in [0.3, 0.4) is 0 Å². The first-order valence-electron chi connectivity index (χ1n) is 13.7. The number of benzene rings is 3. The topological polar surface area (TPSA) is 86.8 Å². The maximum atomic E-state index is 14.1. The van der Waals surface area contributed by atoms with Crippen LogP contribution in [0.4, 0.5) is 5.69 Å². The average molecular weight is 582 g/mol. The molecule has 0 aliphatic heterocycles. The molecule has 1 aliphatic carbocycles. The minimum Gasteiger partial charge on any atom is -0.352 e. The van der Waals surface area contributed by atoms with E-state index in [9.17, 15) is 18.0 Å². The van der Waals surface area contributed by atoms with Gasteiger partial charge in [0.25, 0.3) is 10.0 Å². The molecule has 40 heavy (non-hydrogen) atoms. The van der Waals surface area contributed by atoms with Crippen molar-refractivity contribution in [2.75, 3.05) is 10.8 Å². The summed E-state index contributed by atoms with van der Waals surface area (Å²) in [7, 11) is -4.13. The number of rotatable bonds is 11. The van der Waals surface area contributed by atoms with Crippen LogP contribution in [0.15, 0.2) is 83.8 Å². The van der Waals surface area contributed by atoms with E-state index in [1.165, 1.54) is 29.2 Å². The van der Waals surface area contributed by atoms with Crippen molar-refractivity contribution >= 4 is 39.1 Å². The molecule has 0 unspecified atom stereocenters. The molecule has 7 nitrogen and oxygen atoms in total. The molecule has 3 aromatic carbocycles. The summed E-state index contributed by atoms with van der Waals surface area (Å²) in [6.07, 6.45) is 4.39. The molecule has 9 heteroatoms. The predicted octanol–water partition coefficient (Wildman–Crippen LogP) is 5.71. The van der Waals surface area contributed by atoms with E-state index in [0.29, 0.717) is 17.1 Å². The Labute approximate surface area is 242 Å². The number of hydrogen-bond acceptors (Lipinski definition) is 4. The van der Waals surface area contributed by atoms with Crippen LogP contribution < -0.4 is 9.62 Å². The molecule has 2 amide bonds. The number of sulfonamides is 1. The Morgan fingerprint density at radius 3 is 2.20 bits per heavy atom. The minimum absolute atomic E-state index is 0.0185. The first-order chi connectivity index (χ1) is 19.2. The normalized spacial score (nSPS) is 14.5. The number of nitrogens with one attached hydrogen (secondary N) is 1. The van der Waals surface area contributed by atoms with Gasteiger partial charge in [0.2, 0.25) is 11.8 Å². The molecule has 0 saturated heterocycles. The van der Waals surface area contributed by atoms with Crippen LogP contribution in [0.5, 0.6) is 0 Å². The number of anilines is 1. The van der Waals surface area contributed by atoms with Gasteiger partial charge in [0.1, 0.15) is 12.6 Å². The molecule has 0 radical (unpaired) electrons. The summed E-state index contributed by atoms with van der Waals surface area (Å²) in [5.41, 5.74) is 2.24. The molecule has 0 spiro atoms.